The van der Waals surface area contributed by atoms with Crippen molar-refractivity contribution in [3.05, 3.63) is 24.3 Å². The van der Waals surface area contributed by atoms with Gasteiger partial charge in [0, 0.05) is 12.0 Å². The zero-order valence-electron chi connectivity index (χ0n) is 9.63. The fourth-order valence-corrected chi connectivity index (χ4v) is 1.96. The zero-order chi connectivity index (χ0) is 12.5. The quantitative estimate of drug-likeness (QED) is 0.449. The number of unbranched alkanes of at least 4 members (excludes halogenated alkanes) is 1. The standard InChI is InChI=1S/C11H16O4S2/c1-16-15-11-6-4-10(5-7-11)14-8-2-3-9-17(12)13/h4-7H,2-3,8-9H2,1H3,(H,12,13). The molecule has 1 aromatic carbocycles. The van der Waals surface area contributed by atoms with Crippen molar-refractivity contribution >= 4 is 23.1 Å². The molecule has 0 fully saturated rings. The molecular weight excluding hydrogens is 260 g/mol. The first-order valence-corrected chi connectivity index (χ1v) is 7.66. The summed E-state index contributed by atoms with van der Waals surface area (Å²) < 4.78 is 29.7. The molecule has 0 aliphatic rings. The molecule has 0 radical (unpaired) electrons. The number of ether oxygens (including phenoxy) is 1. The first-order chi connectivity index (χ1) is 8.22. The highest BCUT2D eigenvalue weighted by Crippen LogP contribution is 2.20. The minimum absolute atomic E-state index is 0.309. The molecule has 0 amide bonds. The van der Waals surface area contributed by atoms with Gasteiger partial charge in [0.2, 0.25) is 0 Å². The maximum absolute atomic E-state index is 10.4. The highest BCUT2D eigenvalue weighted by molar-refractivity contribution is 7.94. The van der Waals surface area contributed by atoms with Crippen molar-refractivity contribution in [2.24, 2.45) is 0 Å². The van der Waals surface area contributed by atoms with Gasteiger partial charge in [-0.1, -0.05) is 0 Å². The lowest BCUT2D eigenvalue weighted by atomic mass is 10.3. The predicted molar refractivity (Wildman–Crippen MR) is 71.0 cm³/mol. The van der Waals surface area contributed by atoms with Crippen LogP contribution in [-0.4, -0.2) is 27.4 Å². The van der Waals surface area contributed by atoms with Crippen LogP contribution in [0.5, 0.6) is 11.5 Å². The maximum Gasteiger partial charge on any atom is 0.152 e. The molecule has 0 spiro atoms. The zero-order valence-corrected chi connectivity index (χ0v) is 11.3. The van der Waals surface area contributed by atoms with Gasteiger partial charge in [-0.2, -0.15) is 0 Å². The Bertz CT molecular complexity index is 340. The van der Waals surface area contributed by atoms with Crippen LogP contribution in [0.2, 0.25) is 0 Å². The average Bonchev–Trinajstić information content (AvgIpc) is 2.31. The predicted octanol–water partition coefficient (Wildman–Crippen LogP) is 2.72. The molecule has 6 heteroatoms. The van der Waals surface area contributed by atoms with Crippen molar-refractivity contribution in [1.29, 1.82) is 0 Å². The van der Waals surface area contributed by atoms with Crippen LogP contribution >= 0.6 is 12.0 Å². The lowest BCUT2D eigenvalue weighted by molar-refractivity contribution is 0.309. The number of hydrogen-bond acceptors (Lipinski definition) is 4. The van der Waals surface area contributed by atoms with Crippen molar-refractivity contribution in [2.45, 2.75) is 12.8 Å². The second-order valence-electron chi connectivity index (χ2n) is 3.30. The van der Waals surface area contributed by atoms with Gasteiger partial charge in [-0.25, -0.2) is 4.21 Å². The van der Waals surface area contributed by atoms with E-state index in [9.17, 15) is 4.21 Å². The Hall–Kier alpha value is -0.720. The molecule has 0 heterocycles. The Morgan fingerprint density at radius 3 is 2.47 bits per heavy atom. The molecule has 0 saturated heterocycles. The summed E-state index contributed by atoms with van der Waals surface area (Å²) in [5.74, 6) is 1.88. The van der Waals surface area contributed by atoms with Crippen LogP contribution in [0, 0.1) is 0 Å². The van der Waals surface area contributed by atoms with Crippen molar-refractivity contribution < 1.29 is 17.7 Å². The van der Waals surface area contributed by atoms with E-state index in [1.54, 1.807) is 0 Å². The third kappa shape index (κ3) is 6.55. The molecule has 4 nitrogen and oxygen atoms in total. The molecule has 1 atom stereocenters. The van der Waals surface area contributed by atoms with E-state index >= 15 is 0 Å². The topological polar surface area (TPSA) is 55.8 Å². The molecule has 1 aromatic rings. The molecule has 1 rings (SSSR count). The maximum atomic E-state index is 10.4. The van der Waals surface area contributed by atoms with E-state index in [-0.39, 0.29) is 0 Å². The molecule has 0 bridgehead atoms. The van der Waals surface area contributed by atoms with E-state index in [0.717, 1.165) is 17.9 Å². The van der Waals surface area contributed by atoms with E-state index in [1.165, 1.54) is 12.0 Å². The second kappa shape index (κ2) is 8.38. The number of hydrogen-bond donors (Lipinski definition) is 1. The van der Waals surface area contributed by atoms with Gasteiger partial charge >= 0.3 is 0 Å². The Morgan fingerprint density at radius 2 is 1.88 bits per heavy atom. The van der Waals surface area contributed by atoms with E-state index in [2.05, 4.69) is 0 Å². The fourth-order valence-electron chi connectivity index (χ4n) is 1.21. The summed E-state index contributed by atoms with van der Waals surface area (Å²) in [5, 5.41) is 0. The summed E-state index contributed by atoms with van der Waals surface area (Å²) in [6.07, 6.45) is 3.32. The number of benzene rings is 1. The molecule has 1 N–H and O–H groups in total. The second-order valence-corrected chi connectivity index (χ2v) is 4.85. The van der Waals surface area contributed by atoms with Gasteiger partial charge in [0.1, 0.15) is 11.5 Å². The van der Waals surface area contributed by atoms with Crippen LogP contribution < -0.4 is 8.92 Å². The normalized spacial score (nSPS) is 12.1. The van der Waals surface area contributed by atoms with E-state index < -0.39 is 11.1 Å². The van der Waals surface area contributed by atoms with Gasteiger partial charge < -0.3 is 13.5 Å². The minimum atomic E-state index is -1.69. The fraction of sp³-hybridized carbons (Fsp3) is 0.455. The van der Waals surface area contributed by atoms with Crippen LogP contribution in [-0.2, 0) is 11.1 Å². The molecule has 96 valence electrons. The van der Waals surface area contributed by atoms with Crippen molar-refractivity contribution in [1.82, 2.24) is 0 Å². The summed E-state index contributed by atoms with van der Waals surface area (Å²) in [7, 11) is 0. The van der Waals surface area contributed by atoms with Crippen molar-refractivity contribution in [3.8, 4) is 11.5 Å². The van der Waals surface area contributed by atoms with Crippen molar-refractivity contribution in [2.75, 3.05) is 18.6 Å². The summed E-state index contributed by atoms with van der Waals surface area (Å²) >= 11 is -0.399. The van der Waals surface area contributed by atoms with Gasteiger partial charge in [0.05, 0.1) is 18.6 Å². The minimum Gasteiger partial charge on any atom is -0.494 e. The molecule has 17 heavy (non-hydrogen) atoms. The van der Waals surface area contributed by atoms with Gasteiger partial charge in [-0.05, 0) is 37.1 Å². The van der Waals surface area contributed by atoms with Gasteiger partial charge in [0.25, 0.3) is 0 Å². The SMILES string of the molecule is CSOc1ccc(OCCCCS(=O)O)cc1. The van der Waals surface area contributed by atoms with Crippen LogP contribution in [0.3, 0.4) is 0 Å². The Balaban J connectivity index is 2.20. The molecule has 0 aliphatic carbocycles. The van der Waals surface area contributed by atoms with Crippen LogP contribution in [0.15, 0.2) is 24.3 Å². The van der Waals surface area contributed by atoms with E-state index in [4.69, 9.17) is 13.5 Å². The average molecular weight is 276 g/mol. The van der Waals surface area contributed by atoms with Crippen LogP contribution in [0.1, 0.15) is 12.8 Å². The Kier molecular flexibility index (Phi) is 7.07. The van der Waals surface area contributed by atoms with E-state index in [0.29, 0.717) is 18.8 Å². The number of rotatable bonds is 8. The van der Waals surface area contributed by atoms with Crippen LogP contribution in [0.4, 0.5) is 0 Å². The molecule has 0 aromatic heterocycles. The molecule has 1 unspecified atom stereocenters. The molecule has 0 aliphatic heterocycles. The highest BCUT2D eigenvalue weighted by Gasteiger charge is 1.97. The summed E-state index contributed by atoms with van der Waals surface area (Å²) in [4.78, 5) is 0. The first kappa shape index (κ1) is 14.3. The first-order valence-electron chi connectivity index (χ1n) is 5.23. The van der Waals surface area contributed by atoms with Gasteiger partial charge in [-0.15, -0.1) is 0 Å². The van der Waals surface area contributed by atoms with Gasteiger partial charge in [0.15, 0.2) is 11.1 Å². The van der Waals surface area contributed by atoms with Crippen LogP contribution in [0.25, 0.3) is 0 Å². The lowest BCUT2D eigenvalue weighted by Gasteiger charge is -2.06. The highest BCUT2D eigenvalue weighted by atomic mass is 32.2. The smallest absolute Gasteiger partial charge is 0.152 e. The monoisotopic (exact) mass is 276 g/mol. The largest absolute Gasteiger partial charge is 0.494 e. The summed E-state index contributed by atoms with van der Waals surface area (Å²) in [6, 6.07) is 7.37. The Labute approximate surface area is 108 Å². The molecular formula is C11H16O4S2. The summed E-state index contributed by atoms with van der Waals surface area (Å²) in [5.41, 5.74) is 0. The summed E-state index contributed by atoms with van der Waals surface area (Å²) in [6.45, 7) is 0.555. The third-order valence-corrected chi connectivity index (χ3v) is 2.98. The van der Waals surface area contributed by atoms with Crippen molar-refractivity contribution in [3.63, 3.8) is 0 Å². The van der Waals surface area contributed by atoms with Gasteiger partial charge in [-0.3, -0.25) is 0 Å². The van der Waals surface area contributed by atoms with E-state index in [1.807, 2.05) is 30.5 Å². The lowest BCUT2D eigenvalue weighted by Crippen LogP contribution is -2.01. The Morgan fingerprint density at radius 1 is 1.24 bits per heavy atom. The third-order valence-electron chi connectivity index (χ3n) is 1.99. The molecule has 0 saturated carbocycles.